The van der Waals surface area contributed by atoms with E-state index >= 15 is 0 Å². The van der Waals surface area contributed by atoms with Crippen LogP contribution in [0.4, 0.5) is 0 Å². The molecule has 0 aromatic rings. The highest BCUT2D eigenvalue weighted by atomic mass is 16.4. The van der Waals surface area contributed by atoms with E-state index in [0.717, 1.165) is 19.5 Å². The van der Waals surface area contributed by atoms with E-state index in [4.69, 9.17) is 5.21 Å². The van der Waals surface area contributed by atoms with Gasteiger partial charge in [0, 0.05) is 18.7 Å². The van der Waals surface area contributed by atoms with E-state index in [-0.39, 0.29) is 0 Å². The average Bonchev–Trinajstić information content (AvgIpc) is 2.19. The number of nitrogens with zero attached hydrogens (tertiary/aromatic N) is 1. The topological polar surface area (TPSA) is 44.6 Å². The molecular formula is C5H10N2O. The molecule has 0 saturated carbocycles. The first-order chi connectivity index (χ1) is 3.93. The second-order valence-electron chi connectivity index (χ2n) is 2.02. The molecule has 1 atom stereocenters. The van der Waals surface area contributed by atoms with Crippen LogP contribution in [0.1, 0.15) is 6.42 Å². The fourth-order valence-electron chi connectivity index (χ4n) is 0.898. The SMILES string of the molecule is ON=CC1CCNC1. The Balaban J connectivity index is 2.24. The van der Waals surface area contributed by atoms with Crippen molar-refractivity contribution in [1.82, 2.24) is 5.32 Å². The fourth-order valence-corrected chi connectivity index (χ4v) is 0.898. The van der Waals surface area contributed by atoms with Crippen LogP contribution in [0, 0.1) is 5.92 Å². The van der Waals surface area contributed by atoms with Gasteiger partial charge in [0.15, 0.2) is 0 Å². The van der Waals surface area contributed by atoms with E-state index in [1.165, 1.54) is 0 Å². The smallest absolute Gasteiger partial charge is 0.0480 e. The molecule has 0 radical (unpaired) electrons. The van der Waals surface area contributed by atoms with Crippen LogP contribution in [0.3, 0.4) is 0 Å². The first-order valence-electron chi connectivity index (χ1n) is 2.82. The molecule has 0 amide bonds. The maximum Gasteiger partial charge on any atom is 0.0480 e. The van der Waals surface area contributed by atoms with Gasteiger partial charge in [0.25, 0.3) is 0 Å². The zero-order chi connectivity index (χ0) is 5.82. The van der Waals surface area contributed by atoms with Crippen molar-refractivity contribution < 1.29 is 5.21 Å². The third-order valence-corrected chi connectivity index (χ3v) is 1.38. The average molecular weight is 114 g/mol. The molecule has 0 aromatic heterocycles. The Labute approximate surface area is 48.4 Å². The van der Waals surface area contributed by atoms with Gasteiger partial charge in [0.2, 0.25) is 0 Å². The Morgan fingerprint density at radius 1 is 1.75 bits per heavy atom. The van der Waals surface area contributed by atoms with E-state index in [2.05, 4.69) is 10.5 Å². The summed E-state index contributed by atoms with van der Waals surface area (Å²) >= 11 is 0. The quantitative estimate of drug-likeness (QED) is 0.287. The minimum absolute atomic E-state index is 0.458. The Morgan fingerprint density at radius 3 is 3.12 bits per heavy atom. The summed E-state index contributed by atoms with van der Waals surface area (Å²) in [7, 11) is 0. The van der Waals surface area contributed by atoms with Crippen molar-refractivity contribution in [2.45, 2.75) is 6.42 Å². The maximum atomic E-state index is 8.07. The largest absolute Gasteiger partial charge is 0.411 e. The Kier molecular flexibility index (Phi) is 1.86. The molecule has 1 aliphatic rings. The van der Waals surface area contributed by atoms with Gasteiger partial charge in [0.05, 0.1) is 0 Å². The van der Waals surface area contributed by atoms with Crippen molar-refractivity contribution in [3.8, 4) is 0 Å². The lowest BCUT2D eigenvalue weighted by atomic mass is 10.1. The molecule has 0 aromatic carbocycles. The van der Waals surface area contributed by atoms with Crippen LogP contribution in [0.15, 0.2) is 5.16 Å². The number of hydrogen-bond donors (Lipinski definition) is 2. The van der Waals surface area contributed by atoms with Gasteiger partial charge in [-0.25, -0.2) is 0 Å². The van der Waals surface area contributed by atoms with Crippen molar-refractivity contribution in [1.29, 1.82) is 0 Å². The molecule has 1 unspecified atom stereocenters. The van der Waals surface area contributed by atoms with Crippen LogP contribution in [-0.4, -0.2) is 24.5 Å². The summed E-state index contributed by atoms with van der Waals surface area (Å²) in [5.41, 5.74) is 0. The van der Waals surface area contributed by atoms with Crippen LogP contribution >= 0.6 is 0 Å². The second kappa shape index (κ2) is 2.67. The number of oxime groups is 1. The van der Waals surface area contributed by atoms with Crippen LogP contribution in [0.2, 0.25) is 0 Å². The molecule has 1 heterocycles. The molecule has 1 aliphatic heterocycles. The molecule has 0 aliphatic carbocycles. The monoisotopic (exact) mass is 114 g/mol. The maximum absolute atomic E-state index is 8.07. The van der Waals surface area contributed by atoms with Crippen molar-refractivity contribution in [2.75, 3.05) is 13.1 Å². The minimum Gasteiger partial charge on any atom is -0.411 e. The normalized spacial score (nSPS) is 29.8. The lowest BCUT2D eigenvalue weighted by Crippen LogP contribution is -2.09. The molecule has 3 nitrogen and oxygen atoms in total. The summed E-state index contributed by atoms with van der Waals surface area (Å²) in [6, 6.07) is 0. The second-order valence-corrected chi connectivity index (χ2v) is 2.02. The first-order valence-corrected chi connectivity index (χ1v) is 2.82. The molecule has 1 saturated heterocycles. The highest BCUT2D eigenvalue weighted by Crippen LogP contribution is 2.02. The third kappa shape index (κ3) is 1.20. The van der Waals surface area contributed by atoms with Crippen molar-refractivity contribution >= 4 is 6.21 Å². The van der Waals surface area contributed by atoms with Gasteiger partial charge in [0.1, 0.15) is 0 Å². The van der Waals surface area contributed by atoms with E-state index < -0.39 is 0 Å². The van der Waals surface area contributed by atoms with Crippen LogP contribution in [0.5, 0.6) is 0 Å². The van der Waals surface area contributed by atoms with Crippen molar-refractivity contribution in [2.24, 2.45) is 11.1 Å². The number of hydrogen-bond acceptors (Lipinski definition) is 3. The van der Waals surface area contributed by atoms with Gasteiger partial charge in [-0.3, -0.25) is 0 Å². The van der Waals surface area contributed by atoms with Gasteiger partial charge < -0.3 is 10.5 Å². The summed E-state index contributed by atoms with van der Waals surface area (Å²) in [5.74, 6) is 0.458. The molecule has 2 N–H and O–H groups in total. The minimum atomic E-state index is 0.458. The lowest BCUT2D eigenvalue weighted by Gasteiger charge is -1.93. The van der Waals surface area contributed by atoms with Gasteiger partial charge in [-0.2, -0.15) is 0 Å². The highest BCUT2D eigenvalue weighted by Gasteiger charge is 2.10. The summed E-state index contributed by atoms with van der Waals surface area (Å²) < 4.78 is 0. The zero-order valence-corrected chi connectivity index (χ0v) is 4.67. The lowest BCUT2D eigenvalue weighted by molar-refractivity contribution is 0.318. The standard InChI is InChI=1S/C5H10N2O/c8-7-4-5-1-2-6-3-5/h4-6,8H,1-3H2. The molecule has 0 spiro atoms. The van der Waals surface area contributed by atoms with Gasteiger partial charge in [-0.05, 0) is 13.0 Å². The van der Waals surface area contributed by atoms with Gasteiger partial charge in [-0.1, -0.05) is 0 Å². The van der Waals surface area contributed by atoms with Crippen LogP contribution < -0.4 is 5.32 Å². The number of nitrogens with one attached hydrogen (secondary N) is 1. The van der Waals surface area contributed by atoms with Gasteiger partial charge >= 0.3 is 0 Å². The zero-order valence-electron chi connectivity index (χ0n) is 4.67. The first kappa shape index (κ1) is 5.56. The molecule has 1 rings (SSSR count). The molecule has 46 valence electrons. The van der Waals surface area contributed by atoms with E-state index in [1.54, 1.807) is 6.21 Å². The fraction of sp³-hybridized carbons (Fsp3) is 0.800. The van der Waals surface area contributed by atoms with Crippen molar-refractivity contribution in [3.05, 3.63) is 0 Å². The predicted molar refractivity (Wildman–Crippen MR) is 31.3 cm³/mol. The molecule has 1 fully saturated rings. The third-order valence-electron chi connectivity index (χ3n) is 1.38. The van der Waals surface area contributed by atoms with E-state index in [1.807, 2.05) is 0 Å². The molecule has 0 bridgehead atoms. The summed E-state index contributed by atoms with van der Waals surface area (Å²) in [4.78, 5) is 0. The van der Waals surface area contributed by atoms with Crippen LogP contribution in [-0.2, 0) is 0 Å². The molecular weight excluding hydrogens is 104 g/mol. The molecule has 3 heteroatoms. The summed E-state index contributed by atoms with van der Waals surface area (Å²) in [6.45, 7) is 2.01. The van der Waals surface area contributed by atoms with E-state index in [0.29, 0.717) is 5.92 Å². The Morgan fingerprint density at radius 2 is 2.62 bits per heavy atom. The summed E-state index contributed by atoms with van der Waals surface area (Å²) in [6.07, 6.45) is 2.68. The van der Waals surface area contributed by atoms with Crippen molar-refractivity contribution in [3.63, 3.8) is 0 Å². The van der Waals surface area contributed by atoms with E-state index in [9.17, 15) is 0 Å². The summed E-state index contributed by atoms with van der Waals surface area (Å²) in [5, 5.41) is 14.2. The van der Waals surface area contributed by atoms with Gasteiger partial charge in [-0.15, -0.1) is 5.16 Å². The highest BCUT2D eigenvalue weighted by molar-refractivity contribution is 5.60. The Hall–Kier alpha value is -0.570. The Bertz CT molecular complexity index is 86.4. The predicted octanol–water partition coefficient (Wildman–Crippen LogP) is 0.0559. The van der Waals surface area contributed by atoms with Crippen LogP contribution in [0.25, 0.3) is 0 Å². The number of rotatable bonds is 1. The molecule has 8 heavy (non-hydrogen) atoms.